The molecule has 0 spiro atoms. The Bertz CT molecular complexity index is 373. The van der Waals surface area contributed by atoms with E-state index in [1.807, 2.05) is 30.5 Å². The van der Waals surface area contributed by atoms with Crippen molar-refractivity contribution in [1.82, 2.24) is 10.2 Å². The molecule has 2 fully saturated rings. The number of rotatable bonds is 3. The van der Waals surface area contributed by atoms with Crippen molar-refractivity contribution in [3.63, 3.8) is 0 Å². The van der Waals surface area contributed by atoms with Crippen LogP contribution in [0.1, 0.15) is 46.0 Å². The van der Waals surface area contributed by atoms with Gasteiger partial charge in [0.2, 0.25) is 11.8 Å². The number of nitrogens with zero attached hydrogens (tertiary/aromatic N) is 1. The van der Waals surface area contributed by atoms with Crippen molar-refractivity contribution < 1.29 is 9.59 Å². The van der Waals surface area contributed by atoms with Crippen LogP contribution < -0.4 is 5.32 Å². The first kappa shape index (κ1) is 15.7. The second-order valence-corrected chi connectivity index (χ2v) is 7.39. The molecule has 1 N–H and O–H groups in total. The molecular formula is C15H26N2O2S. The van der Waals surface area contributed by atoms with Crippen LogP contribution in [0.2, 0.25) is 0 Å². The van der Waals surface area contributed by atoms with Gasteiger partial charge in [-0.15, -0.1) is 0 Å². The van der Waals surface area contributed by atoms with Crippen LogP contribution in [0.5, 0.6) is 0 Å². The fourth-order valence-corrected chi connectivity index (χ4v) is 4.07. The lowest BCUT2D eigenvalue weighted by atomic mass is 9.92. The predicted molar refractivity (Wildman–Crippen MR) is 82.7 cm³/mol. The van der Waals surface area contributed by atoms with Crippen molar-refractivity contribution in [2.24, 2.45) is 5.92 Å². The van der Waals surface area contributed by atoms with Crippen molar-refractivity contribution in [3.05, 3.63) is 0 Å². The highest BCUT2D eigenvalue weighted by atomic mass is 32.2. The van der Waals surface area contributed by atoms with Crippen molar-refractivity contribution in [2.45, 2.75) is 63.3 Å². The standard InChI is InChI=1S/C15H26N2O2S/c1-10(2)14-15(19)17(8-7-13(18)16-14)11-5-4-6-12(9-11)20-3/h10-12,14H,4-9H2,1-3H3,(H,16,18). The zero-order valence-electron chi connectivity index (χ0n) is 12.7. The number of thioether (sulfide) groups is 1. The van der Waals surface area contributed by atoms with Gasteiger partial charge in [-0.3, -0.25) is 9.59 Å². The summed E-state index contributed by atoms with van der Waals surface area (Å²) in [6, 6.07) is -0.0256. The number of hydrogen-bond donors (Lipinski definition) is 1. The first-order valence-electron chi connectivity index (χ1n) is 7.65. The number of amides is 2. The Hall–Kier alpha value is -0.710. The van der Waals surface area contributed by atoms with Crippen molar-refractivity contribution in [2.75, 3.05) is 12.8 Å². The zero-order chi connectivity index (χ0) is 14.7. The van der Waals surface area contributed by atoms with Gasteiger partial charge in [0.1, 0.15) is 6.04 Å². The molecule has 1 saturated heterocycles. The second-order valence-electron chi connectivity index (χ2n) is 6.25. The molecule has 114 valence electrons. The molecule has 0 aromatic rings. The SMILES string of the molecule is CSC1CCCC(N2CCC(=O)NC(C(C)C)C2=O)C1. The maximum Gasteiger partial charge on any atom is 0.245 e. The number of hydrogen-bond acceptors (Lipinski definition) is 3. The maximum absolute atomic E-state index is 12.7. The van der Waals surface area contributed by atoms with Crippen molar-refractivity contribution >= 4 is 23.6 Å². The van der Waals surface area contributed by atoms with Crippen LogP contribution in [-0.4, -0.2) is 46.8 Å². The zero-order valence-corrected chi connectivity index (χ0v) is 13.5. The number of nitrogens with one attached hydrogen (secondary N) is 1. The van der Waals surface area contributed by atoms with E-state index in [-0.39, 0.29) is 23.8 Å². The van der Waals surface area contributed by atoms with Gasteiger partial charge >= 0.3 is 0 Å². The molecule has 0 aromatic carbocycles. The van der Waals surface area contributed by atoms with Crippen LogP contribution in [0.3, 0.4) is 0 Å². The van der Waals surface area contributed by atoms with Crippen LogP contribution in [0.4, 0.5) is 0 Å². The minimum atomic E-state index is -0.348. The lowest BCUT2D eigenvalue weighted by Crippen LogP contribution is -2.51. The van der Waals surface area contributed by atoms with Crippen LogP contribution in [-0.2, 0) is 9.59 Å². The molecule has 1 aliphatic heterocycles. The molecule has 0 radical (unpaired) electrons. The molecule has 1 heterocycles. The van der Waals surface area contributed by atoms with Gasteiger partial charge in [-0.05, 0) is 31.4 Å². The Kier molecular flexibility index (Phi) is 5.35. The average Bonchev–Trinajstić information content (AvgIpc) is 2.58. The van der Waals surface area contributed by atoms with E-state index in [0.29, 0.717) is 24.3 Å². The van der Waals surface area contributed by atoms with Gasteiger partial charge in [-0.1, -0.05) is 20.3 Å². The summed E-state index contributed by atoms with van der Waals surface area (Å²) in [7, 11) is 0. The Labute approximate surface area is 126 Å². The van der Waals surface area contributed by atoms with E-state index in [1.165, 1.54) is 12.8 Å². The molecule has 20 heavy (non-hydrogen) atoms. The largest absolute Gasteiger partial charge is 0.344 e. The Morgan fingerprint density at radius 1 is 1.30 bits per heavy atom. The summed E-state index contributed by atoms with van der Waals surface area (Å²) in [5, 5.41) is 3.55. The molecule has 1 aliphatic carbocycles. The van der Waals surface area contributed by atoms with E-state index in [2.05, 4.69) is 11.6 Å². The highest BCUT2D eigenvalue weighted by Gasteiger charge is 2.36. The van der Waals surface area contributed by atoms with Crippen LogP contribution >= 0.6 is 11.8 Å². The van der Waals surface area contributed by atoms with E-state index < -0.39 is 0 Å². The quantitative estimate of drug-likeness (QED) is 0.867. The first-order chi connectivity index (χ1) is 9.52. The van der Waals surface area contributed by atoms with Gasteiger partial charge in [0.15, 0.2) is 0 Å². The summed E-state index contributed by atoms with van der Waals surface area (Å²) in [6.07, 6.45) is 7.20. The molecule has 1 saturated carbocycles. The van der Waals surface area contributed by atoms with Crippen LogP contribution in [0.15, 0.2) is 0 Å². The Morgan fingerprint density at radius 2 is 2.05 bits per heavy atom. The van der Waals surface area contributed by atoms with Crippen LogP contribution in [0, 0.1) is 5.92 Å². The molecule has 3 unspecified atom stereocenters. The van der Waals surface area contributed by atoms with Gasteiger partial charge in [-0.25, -0.2) is 0 Å². The van der Waals surface area contributed by atoms with Gasteiger partial charge in [0.25, 0.3) is 0 Å². The highest BCUT2D eigenvalue weighted by molar-refractivity contribution is 7.99. The molecule has 4 nitrogen and oxygen atoms in total. The van der Waals surface area contributed by atoms with E-state index in [1.54, 1.807) is 0 Å². The van der Waals surface area contributed by atoms with E-state index in [0.717, 1.165) is 12.8 Å². The van der Waals surface area contributed by atoms with E-state index in [4.69, 9.17) is 0 Å². The average molecular weight is 298 g/mol. The van der Waals surface area contributed by atoms with Crippen molar-refractivity contribution in [3.8, 4) is 0 Å². The number of carbonyl (C=O) groups excluding carboxylic acids is 2. The molecular weight excluding hydrogens is 272 g/mol. The predicted octanol–water partition coefficient (Wildman–Crippen LogP) is 2.03. The highest BCUT2D eigenvalue weighted by Crippen LogP contribution is 2.31. The summed E-state index contributed by atoms with van der Waals surface area (Å²) in [5.41, 5.74) is 0. The van der Waals surface area contributed by atoms with Crippen LogP contribution in [0.25, 0.3) is 0 Å². The van der Waals surface area contributed by atoms with Gasteiger partial charge in [0, 0.05) is 24.3 Å². The third-order valence-electron chi connectivity index (χ3n) is 4.48. The van der Waals surface area contributed by atoms with E-state index in [9.17, 15) is 9.59 Å². The fraction of sp³-hybridized carbons (Fsp3) is 0.867. The summed E-state index contributed by atoms with van der Waals surface area (Å²) >= 11 is 1.91. The van der Waals surface area contributed by atoms with Gasteiger partial charge in [0.05, 0.1) is 0 Å². The Morgan fingerprint density at radius 3 is 2.70 bits per heavy atom. The van der Waals surface area contributed by atoms with E-state index >= 15 is 0 Å². The minimum Gasteiger partial charge on any atom is -0.344 e. The third kappa shape index (κ3) is 3.48. The number of carbonyl (C=O) groups is 2. The van der Waals surface area contributed by atoms with Crippen molar-refractivity contribution in [1.29, 1.82) is 0 Å². The topological polar surface area (TPSA) is 49.4 Å². The summed E-state index contributed by atoms with van der Waals surface area (Å²) in [4.78, 5) is 26.5. The molecule has 0 bridgehead atoms. The summed E-state index contributed by atoms with van der Waals surface area (Å²) in [6.45, 7) is 4.58. The summed E-state index contributed by atoms with van der Waals surface area (Å²) in [5.74, 6) is 0.279. The second kappa shape index (κ2) is 6.83. The Balaban J connectivity index is 2.12. The molecule has 5 heteroatoms. The molecule has 2 rings (SSSR count). The molecule has 2 amide bonds. The minimum absolute atomic E-state index is 0.0109. The monoisotopic (exact) mass is 298 g/mol. The van der Waals surface area contributed by atoms with Gasteiger partial charge in [-0.2, -0.15) is 11.8 Å². The summed E-state index contributed by atoms with van der Waals surface area (Å²) < 4.78 is 0. The fourth-order valence-electron chi connectivity index (χ4n) is 3.25. The third-order valence-corrected chi connectivity index (χ3v) is 5.58. The smallest absolute Gasteiger partial charge is 0.245 e. The first-order valence-corrected chi connectivity index (χ1v) is 8.94. The molecule has 3 atom stereocenters. The lowest BCUT2D eigenvalue weighted by Gasteiger charge is -2.38. The van der Waals surface area contributed by atoms with Gasteiger partial charge < -0.3 is 10.2 Å². The maximum atomic E-state index is 12.7. The normalized spacial score (nSPS) is 32.2. The molecule has 0 aromatic heterocycles. The molecule has 2 aliphatic rings. The lowest BCUT2D eigenvalue weighted by molar-refractivity contribution is -0.137.